The Bertz CT molecular complexity index is 2820. The second-order valence-corrected chi connectivity index (χ2v) is 17.6. The summed E-state index contributed by atoms with van der Waals surface area (Å²) >= 11 is 19.0. The Morgan fingerprint density at radius 2 is 1.10 bits per heavy atom. The third-order valence-electron chi connectivity index (χ3n) is 9.58. The molecule has 0 atom stereocenters. The van der Waals surface area contributed by atoms with E-state index in [9.17, 15) is 50.6 Å². The van der Waals surface area contributed by atoms with Gasteiger partial charge in [-0.1, -0.05) is 45.9 Å². The van der Waals surface area contributed by atoms with E-state index >= 15 is 0 Å². The molecule has 6 aromatic rings. The predicted molar refractivity (Wildman–Crippen MR) is 241 cm³/mol. The summed E-state index contributed by atoms with van der Waals surface area (Å²) in [5.74, 6) is -1.50. The second-order valence-electron chi connectivity index (χ2n) is 14.3. The van der Waals surface area contributed by atoms with Crippen LogP contribution in [0, 0.1) is 13.8 Å². The van der Waals surface area contributed by atoms with Crippen molar-refractivity contribution in [1.29, 1.82) is 0 Å². The van der Waals surface area contributed by atoms with Crippen molar-refractivity contribution in [2.45, 2.75) is 26.2 Å². The van der Waals surface area contributed by atoms with Gasteiger partial charge in [-0.15, -0.1) is 0 Å². The number of rotatable bonds is 5. The third-order valence-corrected chi connectivity index (χ3v) is 12.1. The van der Waals surface area contributed by atoms with Gasteiger partial charge in [-0.2, -0.15) is 26.3 Å². The average molecular weight is 1040 g/mol. The lowest BCUT2D eigenvalue weighted by molar-refractivity contribution is -0.138. The second kappa shape index (κ2) is 21.6. The molecule has 2 aromatic heterocycles. The number of benzene rings is 4. The van der Waals surface area contributed by atoms with Gasteiger partial charge < -0.3 is 29.1 Å². The minimum absolute atomic E-state index is 0.00292. The van der Waals surface area contributed by atoms with Crippen LogP contribution in [0.25, 0.3) is 20.4 Å². The number of amides is 4. The summed E-state index contributed by atoms with van der Waals surface area (Å²) in [6, 6.07) is 12.0. The van der Waals surface area contributed by atoms with Crippen LogP contribution >= 0.6 is 57.5 Å². The number of fused-ring (bicyclic) bond motifs is 2. The van der Waals surface area contributed by atoms with E-state index in [2.05, 4.69) is 20.6 Å². The first-order valence-corrected chi connectivity index (χ1v) is 22.3. The summed E-state index contributed by atoms with van der Waals surface area (Å²) in [4.78, 5) is 59.5. The highest BCUT2D eigenvalue weighted by atomic mass is 35.5. The molecule has 356 valence electrons. The molecule has 8 rings (SSSR count). The zero-order chi connectivity index (χ0) is 48.8. The molecule has 14 nitrogen and oxygen atoms in total. The molecule has 2 saturated heterocycles. The van der Waals surface area contributed by atoms with E-state index in [4.69, 9.17) is 49.0 Å². The number of carbonyl (C=O) groups is 4. The smallest absolute Gasteiger partial charge is 0.416 e. The predicted octanol–water partition coefficient (Wildman–Crippen LogP) is 11.3. The normalized spacial score (nSPS) is 14.1. The Kier molecular flexibility index (Phi) is 16.4. The Morgan fingerprint density at radius 1 is 0.672 bits per heavy atom. The summed E-state index contributed by atoms with van der Waals surface area (Å²) < 4.78 is 93.4. The number of carbonyl (C=O) groups excluding carboxylic acids is 4. The number of morpholine rings is 2. The first-order valence-electron chi connectivity index (χ1n) is 19.5. The number of anilines is 2. The molecule has 0 unspecified atom stereocenters. The number of hydrogen-bond donors (Lipinski definition) is 3. The number of nitrogens with one attached hydrogen (secondary N) is 2. The van der Waals surface area contributed by atoms with Crippen molar-refractivity contribution in [3.8, 4) is 11.5 Å². The maximum Gasteiger partial charge on any atom is 0.416 e. The quantitative estimate of drug-likeness (QED) is 0.0857. The standard InChI is InChI=1S/C21H17ClF3N3O4S.C16H10ClF3N2O2S.C5H8ClNO2/c1-11-8-13(22)10-14(17(11)32-20(30)28-4-6-31-7-5-28)18(29)27-19-26-15-3-2-12(21(23,24)25)9-16(15)33-19;1-7-4-9(17)6-10(13(7)23)14(24)22-15-21-11-3-2-8(16(18,19)20)5-12(11)25-15;6-5(8)7-1-3-9-4-2-7/h2-3,8-10H,4-7H2,1H3,(H,26,27,29);2-6,23H,1H3,(H,21,22,24);1-4H2. The molecule has 0 saturated carbocycles. The molecular formula is C42H35Cl3F6N6O8S2. The molecule has 2 fully saturated rings. The summed E-state index contributed by atoms with van der Waals surface area (Å²) in [5.41, 5.74) is -0.101. The van der Waals surface area contributed by atoms with Crippen LogP contribution < -0.4 is 15.4 Å². The van der Waals surface area contributed by atoms with E-state index in [0.717, 1.165) is 46.9 Å². The van der Waals surface area contributed by atoms with Gasteiger partial charge in [0.25, 0.3) is 11.8 Å². The van der Waals surface area contributed by atoms with E-state index in [1.165, 1.54) is 35.2 Å². The van der Waals surface area contributed by atoms with Gasteiger partial charge in [0.15, 0.2) is 10.3 Å². The van der Waals surface area contributed by atoms with Crippen molar-refractivity contribution in [3.63, 3.8) is 0 Å². The molecule has 67 heavy (non-hydrogen) atoms. The molecule has 3 N–H and O–H groups in total. The average Bonchev–Trinajstić information content (AvgIpc) is 3.88. The highest BCUT2D eigenvalue weighted by molar-refractivity contribution is 7.22. The van der Waals surface area contributed by atoms with Crippen LogP contribution in [0.15, 0.2) is 60.7 Å². The Hall–Kier alpha value is -5.49. The van der Waals surface area contributed by atoms with Crippen LogP contribution in [-0.2, 0) is 21.8 Å². The number of phenols is 1. The Morgan fingerprint density at radius 3 is 1.55 bits per heavy atom. The largest absolute Gasteiger partial charge is 0.507 e. The van der Waals surface area contributed by atoms with Crippen LogP contribution in [0.1, 0.15) is 43.0 Å². The van der Waals surface area contributed by atoms with Gasteiger partial charge in [-0.25, -0.2) is 14.8 Å². The van der Waals surface area contributed by atoms with Crippen molar-refractivity contribution in [1.82, 2.24) is 19.8 Å². The highest BCUT2D eigenvalue weighted by Gasteiger charge is 2.32. The van der Waals surface area contributed by atoms with Gasteiger partial charge in [-0.3, -0.25) is 25.0 Å². The molecule has 0 aliphatic carbocycles. The minimum atomic E-state index is -4.49. The number of aromatic hydroxyl groups is 1. The highest BCUT2D eigenvalue weighted by Crippen LogP contribution is 2.37. The number of nitrogens with zero attached hydrogens (tertiary/aromatic N) is 4. The lowest BCUT2D eigenvalue weighted by Crippen LogP contribution is -2.42. The monoisotopic (exact) mass is 1030 g/mol. The molecule has 2 aliphatic rings. The molecule has 0 bridgehead atoms. The summed E-state index contributed by atoms with van der Waals surface area (Å²) in [6.45, 7) is 7.19. The van der Waals surface area contributed by atoms with Gasteiger partial charge in [0, 0.05) is 36.2 Å². The van der Waals surface area contributed by atoms with Crippen molar-refractivity contribution >= 4 is 111 Å². The van der Waals surface area contributed by atoms with Crippen LogP contribution in [-0.4, -0.2) is 101 Å². The molecule has 0 spiro atoms. The van der Waals surface area contributed by atoms with Crippen LogP contribution in [0.5, 0.6) is 11.5 Å². The van der Waals surface area contributed by atoms with Gasteiger partial charge >= 0.3 is 23.8 Å². The fourth-order valence-corrected chi connectivity index (χ4v) is 8.73. The molecule has 4 heterocycles. The van der Waals surface area contributed by atoms with E-state index in [1.807, 2.05) is 0 Å². The number of phenolic OH excluding ortho intramolecular Hbond substituents is 1. The number of thiazole rings is 2. The van der Waals surface area contributed by atoms with Gasteiger partial charge in [0.05, 0.1) is 69.1 Å². The molecule has 0 radical (unpaired) electrons. The van der Waals surface area contributed by atoms with E-state index in [0.29, 0.717) is 74.8 Å². The minimum Gasteiger partial charge on any atom is -0.507 e. The van der Waals surface area contributed by atoms with Crippen molar-refractivity contribution in [2.24, 2.45) is 0 Å². The zero-order valence-electron chi connectivity index (χ0n) is 34.7. The lowest BCUT2D eigenvalue weighted by Gasteiger charge is -2.26. The summed E-state index contributed by atoms with van der Waals surface area (Å²) in [5, 5.41) is 15.4. The van der Waals surface area contributed by atoms with Crippen LogP contribution in [0.3, 0.4) is 0 Å². The Labute approximate surface area is 399 Å². The fourth-order valence-electron chi connectivity index (χ4n) is 6.22. The maximum absolute atomic E-state index is 13.0. The zero-order valence-corrected chi connectivity index (χ0v) is 38.6. The van der Waals surface area contributed by atoms with Gasteiger partial charge in [-0.05, 0) is 97.2 Å². The molecular weight excluding hydrogens is 1000 g/mol. The number of ether oxygens (including phenoxy) is 3. The van der Waals surface area contributed by atoms with Gasteiger partial charge in [0.1, 0.15) is 11.5 Å². The summed E-state index contributed by atoms with van der Waals surface area (Å²) in [7, 11) is 0. The number of halogens is 9. The van der Waals surface area contributed by atoms with E-state index < -0.39 is 41.4 Å². The third kappa shape index (κ3) is 13.4. The number of hydrogen-bond acceptors (Lipinski definition) is 12. The van der Waals surface area contributed by atoms with Gasteiger partial charge in [0.2, 0.25) is 0 Å². The van der Waals surface area contributed by atoms with Crippen molar-refractivity contribution in [2.75, 3.05) is 63.2 Å². The van der Waals surface area contributed by atoms with Crippen molar-refractivity contribution < 1.29 is 64.8 Å². The Balaban J connectivity index is 0.000000191. The lowest BCUT2D eigenvalue weighted by atomic mass is 10.1. The number of alkyl halides is 6. The molecule has 25 heteroatoms. The summed E-state index contributed by atoms with van der Waals surface area (Å²) in [6.07, 6.45) is -9.57. The van der Waals surface area contributed by atoms with E-state index in [-0.39, 0.29) is 57.7 Å². The molecule has 4 aromatic carbocycles. The van der Waals surface area contributed by atoms with Crippen molar-refractivity contribution in [3.05, 3.63) is 104 Å². The van der Waals surface area contributed by atoms with E-state index in [1.54, 1.807) is 24.8 Å². The maximum atomic E-state index is 13.0. The fraction of sp³-hybridized carbons (Fsp3) is 0.286. The first-order chi connectivity index (χ1) is 31.6. The number of aryl methyl sites for hydroxylation is 2. The SMILES string of the molecule is Cc1cc(Cl)cc(C(=O)Nc2nc3ccc(C(F)(F)F)cc3s2)c1O.Cc1cc(Cl)cc(C(=O)Nc2nc3ccc(C(F)(F)F)cc3s2)c1OC(=O)N1CCOCC1.O=C(Cl)N1CCOCC1. The topological polar surface area (TPSA) is 173 Å². The number of aromatic nitrogens is 2. The van der Waals surface area contributed by atoms with Crippen LogP contribution in [0.4, 0.5) is 46.2 Å². The molecule has 4 amide bonds. The first kappa shape index (κ1) is 50.9. The molecule has 2 aliphatic heterocycles. The van der Waals surface area contributed by atoms with Crippen LogP contribution in [0.2, 0.25) is 10.0 Å².